The van der Waals surface area contributed by atoms with E-state index < -0.39 is 0 Å². The smallest absolute Gasteiger partial charge is 0.266 e. The third-order valence-corrected chi connectivity index (χ3v) is 5.71. The Balaban J connectivity index is 1.92. The van der Waals surface area contributed by atoms with Crippen molar-refractivity contribution in [3.63, 3.8) is 0 Å². The Bertz CT molecular complexity index is 894. The zero-order valence-corrected chi connectivity index (χ0v) is 18.0. The van der Waals surface area contributed by atoms with Crippen molar-refractivity contribution in [3.05, 3.63) is 63.5 Å². The normalized spacial score (nSPS) is 17.2. The fourth-order valence-electron chi connectivity index (χ4n) is 2.75. The predicted molar refractivity (Wildman–Crippen MR) is 120 cm³/mol. The summed E-state index contributed by atoms with van der Waals surface area (Å²) in [6.07, 6.45) is 2.82. The molecule has 0 bridgehead atoms. The van der Waals surface area contributed by atoms with Crippen molar-refractivity contribution in [1.82, 2.24) is 4.90 Å². The quantitative estimate of drug-likeness (QED) is 0.569. The SMILES string of the molecule is CCCN1C(=O)/C(=C\c2ccc(N(C)C)c(Br)c2)SC1=Nc1ccccc1. The van der Waals surface area contributed by atoms with E-state index in [0.717, 1.165) is 33.0 Å². The lowest BCUT2D eigenvalue weighted by Crippen LogP contribution is -2.29. The minimum atomic E-state index is 0.0179. The molecule has 0 aliphatic carbocycles. The number of rotatable bonds is 5. The Kier molecular flexibility index (Phi) is 6.39. The third-order valence-electron chi connectivity index (χ3n) is 4.07. The molecule has 0 aromatic heterocycles. The molecule has 0 atom stereocenters. The number of thioether (sulfide) groups is 1. The van der Waals surface area contributed by atoms with Gasteiger partial charge in [0, 0.05) is 25.1 Å². The van der Waals surface area contributed by atoms with Gasteiger partial charge in [-0.05, 0) is 70.0 Å². The van der Waals surface area contributed by atoms with Gasteiger partial charge < -0.3 is 4.90 Å². The number of benzene rings is 2. The Hall–Kier alpha value is -2.05. The topological polar surface area (TPSA) is 35.9 Å². The first-order valence-corrected chi connectivity index (χ1v) is 10.4. The van der Waals surface area contributed by atoms with E-state index in [-0.39, 0.29) is 5.91 Å². The van der Waals surface area contributed by atoms with E-state index in [1.165, 1.54) is 11.8 Å². The summed E-state index contributed by atoms with van der Waals surface area (Å²) in [5.41, 5.74) is 2.94. The molecule has 1 aliphatic rings. The number of amidine groups is 1. The van der Waals surface area contributed by atoms with E-state index in [9.17, 15) is 4.79 Å². The second-order valence-electron chi connectivity index (χ2n) is 6.40. The molecule has 0 spiro atoms. The zero-order chi connectivity index (χ0) is 19.4. The van der Waals surface area contributed by atoms with Crippen LogP contribution in [0.25, 0.3) is 6.08 Å². The summed E-state index contributed by atoms with van der Waals surface area (Å²) >= 11 is 5.04. The molecule has 1 saturated heterocycles. The summed E-state index contributed by atoms with van der Waals surface area (Å²) in [6.45, 7) is 2.73. The molecule has 2 aromatic carbocycles. The van der Waals surface area contributed by atoms with Gasteiger partial charge in [0.1, 0.15) is 0 Å². The minimum Gasteiger partial charge on any atom is -0.377 e. The number of aliphatic imine (C=N–C) groups is 1. The highest BCUT2D eigenvalue weighted by Gasteiger charge is 2.32. The Labute approximate surface area is 173 Å². The number of carbonyl (C=O) groups excluding carboxylic acids is 1. The fourth-order valence-corrected chi connectivity index (χ4v) is 4.53. The molecule has 3 rings (SSSR count). The maximum atomic E-state index is 12.9. The lowest BCUT2D eigenvalue weighted by Gasteiger charge is -2.15. The molecule has 2 aromatic rings. The van der Waals surface area contributed by atoms with Crippen LogP contribution in [0.3, 0.4) is 0 Å². The third kappa shape index (κ3) is 4.62. The molecule has 140 valence electrons. The second kappa shape index (κ2) is 8.76. The van der Waals surface area contributed by atoms with E-state index in [1.807, 2.05) is 73.6 Å². The molecule has 4 nitrogen and oxygen atoms in total. The van der Waals surface area contributed by atoms with Gasteiger partial charge >= 0.3 is 0 Å². The highest BCUT2D eigenvalue weighted by atomic mass is 79.9. The lowest BCUT2D eigenvalue weighted by atomic mass is 10.2. The van der Waals surface area contributed by atoms with Crippen LogP contribution >= 0.6 is 27.7 Å². The average molecular weight is 444 g/mol. The minimum absolute atomic E-state index is 0.0179. The van der Waals surface area contributed by atoms with Gasteiger partial charge in [-0.2, -0.15) is 0 Å². The molecule has 1 aliphatic heterocycles. The van der Waals surface area contributed by atoms with Gasteiger partial charge in [-0.15, -0.1) is 0 Å². The highest BCUT2D eigenvalue weighted by Crippen LogP contribution is 2.35. The van der Waals surface area contributed by atoms with Gasteiger partial charge in [-0.3, -0.25) is 9.69 Å². The van der Waals surface area contributed by atoms with Crippen LogP contribution in [-0.2, 0) is 4.79 Å². The largest absolute Gasteiger partial charge is 0.377 e. The number of nitrogens with zero attached hydrogens (tertiary/aromatic N) is 3. The molecule has 6 heteroatoms. The molecule has 0 unspecified atom stereocenters. The van der Waals surface area contributed by atoms with Crippen LogP contribution in [-0.4, -0.2) is 36.6 Å². The van der Waals surface area contributed by atoms with Crippen LogP contribution in [0.2, 0.25) is 0 Å². The number of hydrogen-bond acceptors (Lipinski definition) is 4. The predicted octanol–water partition coefficient (Wildman–Crippen LogP) is 5.53. The number of hydrogen-bond donors (Lipinski definition) is 0. The van der Waals surface area contributed by atoms with E-state index in [4.69, 9.17) is 0 Å². The van der Waals surface area contributed by atoms with Gasteiger partial charge in [-0.25, -0.2) is 4.99 Å². The number of carbonyl (C=O) groups is 1. The first-order chi connectivity index (χ1) is 13.0. The van der Waals surface area contributed by atoms with Gasteiger partial charge in [0.25, 0.3) is 5.91 Å². The number of anilines is 1. The van der Waals surface area contributed by atoms with E-state index in [2.05, 4.69) is 27.8 Å². The van der Waals surface area contributed by atoms with E-state index in [0.29, 0.717) is 11.4 Å². The van der Waals surface area contributed by atoms with Crippen LogP contribution in [0.4, 0.5) is 11.4 Å². The molecule has 0 radical (unpaired) electrons. The summed E-state index contributed by atoms with van der Waals surface area (Å²) in [4.78, 5) is 22.1. The Morgan fingerprint density at radius 3 is 2.56 bits per heavy atom. The molecular formula is C21H22BrN3OS. The van der Waals surface area contributed by atoms with Crippen molar-refractivity contribution in [3.8, 4) is 0 Å². The van der Waals surface area contributed by atoms with Crippen molar-refractivity contribution in [2.75, 3.05) is 25.5 Å². The molecule has 0 saturated carbocycles. The van der Waals surface area contributed by atoms with Crippen molar-refractivity contribution in [2.45, 2.75) is 13.3 Å². The van der Waals surface area contributed by atoms with Crippen LogP contribution in [0.1, 0.15) is 18.9 Å². The van der Waals surface area contributed by atoms with E-state index in [1.54, 1.807) is 4.90 Å². The number of para-hydroxylation sites is 1. The summed E-state index contributed by atoms with van der Waals surface area (Å²) in [6, 6.07) is 15.9. The lowest BCUT2D eigenvalue weighted by molar-refractivity contribution is -0.122. The Morgan fingerprint density at radius 2 is 1.93 bits per heavy atom. The summed E-state index contributed by atoms with van der Waals surface area (Å²) < 4.78 is 1.00. The molecule has 27 heavy (non-hydrogen) atoms. The first-order valence-electron chi connectivity index (χ1n) is 8.81. The van der Waals surface area contributed by atoms with Crippen molar-refractivity contribution >= 4 is 56.2 Å². The van der Waals surface area contributed by atoms with Crippen molar-refractivity contribution in [1.29, 1.82) is 0 Å². The average Bonchev–Trinajstić information content (AvgIpc) is 2.91. The molecule has 0 N–H and O–H groups in total. The molecule has 1 amide bonds. The molecule has 1 heterocycles. The fraction of sp³-hybridized carbons (Fsp3) is 0.238. The summed E-state index contributed by atoms with van der Waals surface area (Å²) in [5.74, 6) is 0.0179. The van der Waals surface area contributed by atoms with Gasteiger partial charge in [0.15, 0.2) is 5.17 Å². The molecule has 1 fully saturated rings. The highest BCUT2D eigenvalue weighted by molar-refractivity contribution is 9.10. The van der Waals surface area contributed by atoms with Gasteiger partial charge in [0.05, 0.1) is 16.3 Å². The second-order valence-corrected chi connectivity index (χ2v) is 8.27. The van der Waals surface area contributed by atoms with Crippen LogP contribution in [0, 0.1) is 0 Å². The Morgan fingerprint density at radius 1 is 1.19 bits per heavy atom. The van der Waals surface area contributed by atoms with Gasteiger partial charge in [0.2, 0.25) is 0 Å². The van der Waals surface area contributed by atoms with Gasteiger partial charge in [-0.1, -0.05) is 31.2 Å². The van der Waals surface area contributed by atoms with Crippen molar-refractivity contribution in [2.24, 2.45) is 4.99 Å². The van der Waals surface area contributed by atoms with Crippen LogP contribution in [0.15, 0.2) is 62.9 Å². The first kappa shape index (κ1) is 19.7. The van der Waals surface area contributed by atoms with Crippen LogP contribution in [0.5, 0.6) is 0 Å². The number of amides is 1. The number of halogens is 1. The maximum absolute atomic E-state index is 12.9. The summed E-state index contributed by atoms with van der Waals surface area (Å²) in [5, 5.41) is 0.739. The standard InChI is InChI=1S/C21H22BrN3OS/c1-4-12-25-20(26)19(27-21(25)23-16-8-6-5-7-9-16)14-15-10-11-18(24(2)3)17(22)13-15/h5-11,13-14H,4,12H2,1-3H3/b19-14+,23-21?. The monoisotopic (exact) mass is 443 g/mol. The van der Waals surface area contributed by atoms with E-state index >= 15 is 0 Å². The zero-order valence-electron chi connectivity index (χ0n) is 15.6. The molecular weight excluding hydrogens is 422 g/mol. The summed E-state index contributed by atoms with van der Waals surface area (Å²) in [7, 11) is 4.01. The van der Waals surface area contributed by atoms with Crippen molar-refractivity contribution < 1.29 is 4.79 Å². The maximum Gasteiger partial charge on any atom is 0.266 e. The van der Waals surface area contributed by atoms with Crippen LogP contribution < -0.4 is 4.90 Å².